The zero-order valence-corrected chi connectivity index (χ0v) is 38.1. The zero-order valence-electron chi connectivity index (χ0n) is 34.3. The molecule has 0 aliphatic carbocycles. The molecule has 324 valence electrons. The number of hydrogen-bond donors (Lipinski definition) is 2. The summed E-state index contributed by atoms with van der Waals surface area (Å²) in [5, 5.41) is 22.1. The molecule has 0 saturated carbocycles. The van der Waals surface area contributed by atoms with E-state index in [-0.39, 0.29) is 45.0 Å². The van der Waals surface area contributed by atoms with E-state index in [9.17, 15) is 29.4 Å². The third-order valence-corrected chi connectivity index (χ3v) is 15.1. The van der Waals surface area contributed by atoms with Crippen LogP contribution >= 0.6 is 58.2 Å². The molecule has 2 aliphatic rings. The lowest BCUT2D eigenvalue weighted by Crippen LogP contribution is -2.41. The van der Waals surface area contributed by atoms with Gasteiger partial charge in [-0.3, -0.25) is 19.2 Å². The number of rotatable bonds is 10. The molecule has 2 saturated heterocycles. The van der Waals surface area contributed by atoms with E-state index in [1.165, 1.54) is 23.9 Å². The predicted molar refractivity (Wildman–Crippen MR) is 253 cm³/mol. The van der Waals surface area contributed by atoms with Gasteiger partial charge in [0.05, 0.1) is 31.9 Å². The number of amides is 2. The number of fused-ring (bicyclic) bond motifs is 2. The largest absolute Gasteiger partial charge is 0.481 e. The van der Waals surface area contributed by atoms with Crippen molar-refractivity contribution in [3.05, 3.63) is 116 Å². The summed E-state index contributed by atoms with van der Waals surface area (Å²) in [5.41, 5.74) is 6.10. The second-order valence-electron chi connectivity index (χ2n) is 16.0. The SMILES string of the molecule is Cn1ccc2cc(-c3cc(Sc4cc(-c5ccc6c(ccn6C)c5)c(C=CC(=O)N5CCCC(C(=O)O)C5)c(Cl)c4Cl)c(Cl)c(Cl)c3C=CC(=O)N3CCCC(C(=O)O)C3)ccc21. The van der Waals surface area contributed by atoms with E-state index >= 15 is 0 Å². The number of likely N-dealkylation sites (tertiary alicyclic amines) is 2. The number of hydrogen-bond acceptors (Lipinski definition) is 5. The highest BCUT2D eigenvalue weighted by molar-refractivity contribution is 7.99. The number of aliphatic carboxylic acids is 2. The van der Waals surface area contributed by atoms with Gasteiger partial charge < -0.3 is 29.1 Å². The van der Waals surface area contributed by atoms with Crippen LogP contribution in [-0.2, 0) is 33.3 Å². The number of carbonyl (C=O) groups is 4. The number of nitrogens with zero attached hydrogens (tertiary/aromatic N) is 4. The van der Waals surface area contributed by atoms with Gasteiger partial charge in [0.2, 0.25) is 11.8 Å². The number of halogens is 4. The van der Waals surface area contributed by atoms with Gasteiger partial charge in [-0.05, 0) is 109 Å². The molecule has 0 spiro atoms. The number of piperidine rings is 2. The van der Waals surface area contributed by atoms with Crippen LogP contribution in [0, 0.1) is 11.8 Å². The first kappa shape index (κ1) is 44.4. The summed E-state index contributed by atoms with van der Waals surface area (Å²) in [6.07, 6.45) is 12.3. The van der Waals surface area contributed by atoms with Crippen LogP contribution in [0.3, 0.4) is 0 Å². The Hall–Kier alpha value is -5.17. The summed E-state index contributed by atoms with van der Waals surface area (Å²) in [6, 6.07) is 19.9. The fourth-order valence-corrected chi connectivity index (χ4v) is 10.6. The van der Waals surface area contributed by atoms with Crippen molar-refractivity contribution in [3.63, 3.8) is 0 Å². The zero-order chi connectivity index (χ0) is 44.7. The molecule has 6 aromatic rings. The van der Waals surface area contributed by atoms with Gasteiger partial charge in [-0.25, -0.2) is 0 Å². The molecule has 8 rings (SSSR count). The topological polar surface area (TPSA) is 125 Å². The van der Waals surface area contributed by atoms with Crippen molar-refractivity contribution in [3.8, 4) is 22.3 Å². The molecule has 2 amide bonds. The van der Waals surface area contributed by atoms with E-state index in [0.717, 1.165) is 32.9 Å². The molecule has 10 nitrogen and oxygen atoms in total. The number of benzene rings is 4. The first-order chi connectivity index (χ1) is 30.2. The lowest BCUT2D eigenvalue weighted by atomic mass is 9.97. The van der Waals surface area contributed by atoms with Gasteiger partial charge in [0, 0.05) is 108 Å². The molecule has 4 aromatic carbocycles. The third-order valence-electron chi connectivity index (χ3n) is 12.0. The average molecular weight is 945 g/mol. The summed E-state index contributed by atoms with van der Waals surface area (Å²) >= 11 is 29.9. The summed E-state index contributed by atoms with van der Waals surface area (Å²) < 4.78 is 4.04. The smallest absolute Gasteiger partial charge is 0.308 e. The number of aromatic nitrogens is 2. The van der Waals surface area contributed by atoms with Crippen LogP contribution in [0.25, 0.3) is 56.2 Å². The van der Waals surface area contributed by atoms with Crippen LogP contribution in [-0.4, -0.2) is 79.1 Å². The van der Waals surface area contributed by atoms with Gasteiger partial charge in [-0.2, -0.15) is 0 Å². The van der Waals surface area contributed by atoms with Crippen molar-refractivity contribution in [2.75, 3.05) is 26.2 Å². The van der Waals surface area contributed by atoms with Crippen LogP contribution in [0.2, 0.25) is 20.1 Å². The van der Waals surface area contributed by atoms with Crippen LogP contribution in [0.15, 0.2) is 95.0 Å². The molecule has 2 unspecified atom stereocenters. The standard InChI is InChI=1S/C48H42Cl4N4O6S/c1-53-19-15-29-21-27(7-11-37(29)53)35-23-39(45(51)43(49)33(35)9-13-41(57)55-17-3-5-31(25-55)47(59)60)63-40-24-36(28-8-12-38-30(22-28)16-20-54(38)2)34(44(50)46(40)52)10-14-42(58)56-18-4-6-32(26-56)48(61)62/h7-16,19-24,31-32H,3-6,17-18,25-26H2,1-2H3,(H,59,60)(H,61,62). The van der Waals surface area contributed by atoms with Crippen molar-refractivity contribution in [2.24, 2.45) is 25.9 Å². The van der Waals surface area contributed by atoms with Crippen molar-refractivity contribution in [1.82, 2.24) is 18.9 Å². The molecule has 2 aromatic heterocycles. The van der Waals surface area contributed by atoms with E-state index in [0.29, 0.717) is 70.8 Å². The van der Waals surface area contributed by atoms with E-state index in [1.54, 1.807) is 22.0 Å². The molecule has 4 heterocycles. The molecule has 2 aliphatic heterocycles. The fourth-order valence-electron chi connectivity index (χ4n) is 8.48. The maximum absolute atomic E-state index is 13.5. The Morgan fingerprint density at radius 2 is 1.02 bits per heavy atom. The van der Waals surface area contributed by atoms with Gasteiger partial charge in [0.15, 0.2) is 0 Å². The van der Waals surface area contributed by atoms with Crippen LogP contribution in [0.5, 0.6) is 0 Å². The number of carbonyl (C=O) groups excluding carboxylic acids is 2. The van der Waals surface area contributed by atoms with Gasteiger partial charge in [0.1, 0.15) is 0 Å². The fraction of sp³-hybridized carbons (Fsp3) is 0.250. The highest BCUT2D eigenvalue weighted by Gasteiger charge is 2.29. The molecule has 0 radical (unpaired) electrons. The molecule has 15 heteroatoms. The number of carboxylic acids is 2. The van der Waals surface area contributed by atoms with E-state index in [4.69, 9.17) is 46.4 Å². The minimum atomic E-state index is -0.921. The van der Waals surface area contributed by atoms with Gasteiger partial charge in [-0.15, -0.1) is 0 Å². The summed E-state index contributed by atoms with van der Waals surface area (Å²) in [6.45, 7) is 1.16. The number of aryl methyl sites for hydroxylation is 2. The number of carboxylic acid groups (broad SMARTS) is 2. The van der Waals surface area contributed by atoms with Crippen molar-refractivity contribution in [1.29, 1.82) is 0 Å². The monoisotopic (exact) mass is 942 g/mol. The lowest BCUT2D eigenvalue weighted by Gasteiger charge is -2.29. The second kappa shape index (κ2) is 18.5. The van der Waals surface area contributed by atoms with Crippen LogP contribution in [0.1, 0.15) is 36.8 Å². The first-order valence-electron chi connectivity index (χ1n) is 20.4. The van der Waals surface area contributed by atoms with Crippen molar-refractivity contribution in [2.45, 2.75) is 35.5 Å². The van der Waals surface area contributed by atoms with Crippen molar-refractivity contribution < 1.29 is 29.4 Å². The predicted octanol–water partition coefficient (Wildman–Crippen LogP) is 11.4. The average Bonchev–Trinajstić information content (AvgIpc) is 3.85. The first-order valence-corrected chi connectivity index (χ1v) is 22.7. The summed E-state index contributed by atoms with van der Waals surface area (Å²) in [5.74, 6) is -3.74. The minimum absolute atomic E-state index is 0.126. The molecular formula is C48H42Cl4N4O6S. The van der Waals surface area contributed by atoms with Crippen LogP contribution in [0.4, 0.5) is 0 Å². The highest BCUT2D eigenvalue weighted by atomic mass is 35.5. The Balaban J connectivity index is 1.21. The summed E-state index contributed by atoms with van der Waals surface area (Å²) in [7, 11) is 3.94. The van der Waals surface area contributed by atoms with Gasteiger partial charge >= 0.3 is 11.9 Å². The third kappa shape index (κ3) is 9.13. The summed E-state index contributed by atoms with van der Waals surface area (Å²) in [4.78, 5) is 54.6. The molecular weight excluding hydrogens is 902 g/mol. The highest BCUT2D eigenvalue weighted by Crippen LogP contribution is 2.49. The van der Waals surface area contributed by atoms with Gasteiger partial charge in [-0.1, -0.05) is 70.3 Å². The molecule has 0 bridgehead atoms. The van der Waals surface area contributed by atoms with Crippen molar-refractivity contribution >= 4 is 116 Å². The van der Waals surface area contributed by atoms with E-state index < -0.39 is 23.8 Å². The Kier molecular flexibility index (Phi) is 13.1. The molecule has 63 heavy (non-hydrogen) atoms. The maximum Gasteiger partial charge on any atom is 0.308 e. The Labute approximate surface area is 388 Å². The molecule has 2 N–H and O–H groups in total. The Morgan fingerprint density at radius 1 is 0.603 bits per heavy atom. The second-order valence-corrected chi connectivity index (χ2v) is 18.6. The van der Waals surface area contributed by atoms with E-state index in [1.807, 2.05) is 96.3 Å². The molecule has 2 atom stereocenters. The lowest BCUT2D eigenvalue weighted by molar-refractivity contribution is -0.146. The molecule has 2 fully saturated rings. The normalized spacial score (nSPS) is 17.1. The quantitative estimate of drug-likeness (QED) is 0.131. The minimum Gasteiger partial charge on any atom is -0.481 e. The Morgan fingerprint density at radius 3 is 1.41 bits per heavy atom. The Bertz CT molecular complexity index is 2710. The van der Waals surface area contributed by atoms with E-state index in [2.05, 4.69) is 0 Å². The van der Waals surface area contributed by atoms with Crippen LogP contribution < -0.4 is 0 Å². The maximum atomic E-state index is 13.5. The van der Waals surface area contributed by atoms with Gasteiger partial charge in [0.25, 0.3) is 0 Å².